The minimum atomic E-state index is -0.479. The van der Waals surface area contributed by atoms with Gasteiger partial charge in [-0.3, -0.25) is 9.59 Å². The van der Waals surface area contributed by atoms with E-state index in [2.05, 4.69) is 15.5 Å². The van der Waals surface area contributed by atoms with Crippen LogP contribution in [0.15, 0.2) is 36.7 Å². The number of carbonyl (C=O) groups is 2. The van der Waals surface area contributed by atoms with Crippen molar-refractivity contribution in [1.29, 1.82) is 0 Å². The second-order valence-electron chi connectivity index (χ2n) is 5.89. The number of hydrogen-bond acceptors (Lipinski definition) is 5. The van der Waals surface area contributed by atoms with Crippen LogP contribution in [0.25, 0.3) is 0 Å². The summed E-state index contributed by atoms with van der Waals surface area (Å²) in [6, 6.07) is 9.85. The number of likely N-dealkylation sites (tertiary alicyclic amines) is 1. The maximum atomic E-state index is 12.3. The highest BCUT2D eigenvalue weighted by atomic mass is 16.2. The highest BCUT2D eigenvalue weighted by Crippen LogP contribution is 2.36. The Balaban J connectivity index is 1.70. The van der Waals surface area contributed by atoms with Gasteiger partial charge in [0.1, 0.15) is 18.7 Å². The van der Waals surface area contributed by atoms with E-state index in [0.717, 1.165) is 5.56 Å². The van der Waals surface area contributed by atoms with Crippen LogP contribution in [0, 0.1) is 0 Å². The van der Waals surface area contributed by atoms with Crippen LogP contribution in [0.2, 0.25) is 0 Å². The Morgan fingerprint density at radius 3 is 2.43 bits per heavy atom. The van der Waals surface area contributed by atoms with Crippen LogP contribution in [0.1, 0.15) is 25.3 Å². The predicted molar refractivity (Wildman–Crippen MR) is 82.4 cm³/mol. The van der Waals surface area contributed by atoms with Gasteiger partial charge in [0.05, 0.1) is 5.41 Å². The molecule has 1 aliphatic heterocycles. The Bertz CT molecular complexity index is 676. The zero-order chi connectivity index (χ0) is 16.3. The summed E-state index contributed by atoms with van der Waals surface area (Å²) in [4.78, 5) is 26.4. The molecule has 7 nitrogen and oxygen atoms in total. The minimum Gasteiger partial charge on any atom is -0.341 e. The Hall–Kier alpha value is -2.57. The van der Waals surface area contributed by atoms with Gasteiger partial charge >= 0.3 is 0 Å². The summed E-state index contributed by atoms with van der Waals surface area (Å²) < 4.78 is 1.41. The number of rotatable bonds is 4. The number of benzene rings is 1. The van der Waals surface area contributed by atoms with Crippen molar-refractivity contribution in [2.45, 2.75) is 31.7 Å². The number of nitrogens with zero attached hydrogens (tertiary/aromatic N) is 5. The zero-order valence-electron chi connectivity index (χ0n) is 13.1. The van der Waals surface area contributed by atoms with Crippen LogP contribution in [-0.4, -0.2) is 49.9 Å². The molecule has 2 heterocycles. The number of amides is 1. The van der Waals surface area contributed by atoms with Gasteiger partial charge < -0.3 is 4.90 Å². The van der Waals surface area contributed by atoms with Crippen molar-refractivity contribution in [3.05, 3.63) is 42.2 Å². The maximum absolute atomic E-state index is 12.3. The molecular formula is C16H19N5O2. The van der Waals surface area contributed by atoms with E-state index >= 15 is 0 Å². The van der Waals surface area contributed by atoms with Crippen LogP contribution in [-0.2, 0) is 21.5 Å². The molecule has 0 aliphatic carbocycles. The molecule has 23 heavy (non-hydrogen) atoms. The second kappa shape index (κ2) is 6.28. The van der Waals surface area contributed by atoms with E-state index in [1.165, 1.54) is 11.0 Å². The van der Waals surface area contributed by atoms with Crippen LogP contribution in [0.3, 0.4) is 0 Å². The Morgan fingerprint density at radius 2 is 1.87 bits per heavy atom. The van der Waals surface area contributed by atoms with Gasteiger partial charge in [-0.05, 0) is 35.8 Å². The van der Waals surface area contributed by atoms with Gasteiger partial charge in [0.2, 0.25) is 5.91 Å². The SMILES string of the molecule is CC(=O)C1(c2ccccc2)CCN(C(=O)Cn2cnnn2)CC1. The van der Waals surface area contributed by atoms with Gasteiger partial charge in [0.25, 0.3) is 0 Å². The van der Waals surface area contributed by atoms with E-state index in [4.69, 9.17) is 0 Å². The summed E-state index contributed by atoms with van der Waals surface area (Å²) in [5.41, 5.74) is 0.562. The molecule has 1 aromatic carbocycles. The molecule has 0 spiro atoms. The molecule has 0 atom stereocenters. The largest absolute Gasteiger partial charge is 0.341 e. The number of ketones is 1. The molecule has 2 aromatic rings. The van der Waals surface area contributed by atoms with Gasteiger partial charge in [-0.1, -0.05) is 30.3 Å². The zero-order valence-corrected chi connectivity index (χ0v) is 13.1. The fourth-order valence-corrected chi connectivity index (χ4v) is 3.23. The maximum Gasteiger partial charge on any atom is 0.244 e. The highest BCUT2D eigenvalue weighted by molar-refractivity contribution is 5.88. The van der Waals surface area contributed by atoms with Gasteiger partial charge in [0, 0.05) is 13.1 Å². The summed E-state index contributed by atoms with van der Waals surface area (Å²) in [7, 11) is 0. The molecule has 1 amide bonds. The predicted octanol–water partition coefficient (Wildman–Crippen LogP) is 0.822. The van der Waals surface area contributed by atoms with Crippen LogP contribution >= 0.6 is 0 Å². The van der Waals surface area contributed by atoms with Crippen molar-refractivity contribution >= 4 is 11.7 Å². The molecule has 120 valence electrons. The van der Waals surface area contributed by atoms with Crippen LogP contribution in [0.4, 0.5) is 0 Å². The first-order valence-corrected chi connectivity index (χ1v) is 7.67. The molecule has 1 aliphatic rings. The van der Waals surface area contributed by atoms with E-state index in [1.54, 1.807) is 11.8 Å². The van der Waals surface area contributed by atoms with E-state index in [1.807, 2.05) is 30.3 Å². The van der Waals surface area contributed by atoms with Crippen molar-refractivity contribution in [2.24, 2.45) is 0 Å². The Labute approximate surface area is 134 Å². The second-order valence-corrected chi connectivity index (χ2v) is 5.89. The Morgan fingerprint density at radius 1 is 1.17 bits per heavy atom. The van der Waals surface area contributed by atoms with Crippen molar-refractivity contribution in [3.63, 3.8) is 0 Å². The topological polar surface area (TPSA) is 81.0 Å². The van der Waals surface area contributed by atoms with Gasteiger partial charge in [-0.2, -0.15) is 0 Å². The average Bonchev–Trinajstić information content (AvgIpc) is 3.08. The number of hydrogen-bond donors (Lipinski definition) is 0. The van der Waals surface area contributed by atoms with Gasteiger partial charge in [-0.15, -0.1) is 5.10 Å². The van der Waals surface area contributed by atoms with Crippen molar-refractivity contribution in [2.75, 3.05) is 13.1 Å². The van der Waals surface area contributed by atoms with Crippen LogP contribution in [0.5, 0.6) is 0 Å². The molecular weight excluding hydrogens is 294 g/mol. The number of tetrazole rings is 1. The third-order valence-corrected chi connectivity index (χ3v) is 4.66. The van der Waals surface area contributed by atoms with E-state index in [9.17, 15) is 9.59 Å². The quantitative estimate of drug-likeness (QED) is 0.835. The first-order chi connectivity index (χ1) is 11.1. The molecule has 0 radical (unpaired) electrons. The van der Waals surface area contributed by atoms with E-state index in [0.29, 0.717) is 25.9 Å². The van der Waals surface area contributed by atoms with E-state index in [-0.39, 0.29) is 18.2 Å². The first kappa shape index (κ1) is 15.3. The lowest BCUT2D eigenvalue weighted by Crippen LogP contribution is -2.49. The number of carbonyl (C=O) groups excluding carboxylic acids is 2. The summed E-state index contributed by atoms with van der Waals surface area (Å²) in [5.74, 6) is 0.138. The molecule has 0 unspecified atom stereocenters. The molecule has 0 N–H and O–H groups in total. The van der Waals surface area contributed by atoms with Crippen molar-refractivity contribution < 1.29 is 9.59 Å². The molecule has 0 saturated carbocycles. The summed E-state index contributed by atoms with van der Waals surface area (Å²) in [6.45, 7) is 2.90. The third-order valence-electron chi connectivity index (χ3n) is 4.66. The molecule has 3 rings (SSSR count). The van der Waals surface area contributed by atoms with E-state index < -0.39 is 5.41 Å². The summed E-state index contributed by atoms with van der Waals surface area (Å²) in [6.07, 6.45) is 2.72. The molecule has 1 fully saturated rings. The number of Topliss-reactive ketones (excluding diaryl/α,β-unsaturated/α-hetero) is 1. The lowest BCUT2D eigenvalue weighted by Gasteiger charge is -2.40. The fourth-order valence-electron chi connectivity index (χ4n) is 3.23. The highest BCUT2D eigenvalue weighted by Gasteiger charge is 2.41. The summed E-state index contributed by atoms with van der Waals surface area (Å²) in [5, 5.41) is 10.8. The standard InChI is InChI=1S/C16H19N5O2/c1-13(22)16(14-5-3-2-4-6-14)7-9-20(10-8-16)15(23)11-21-12-17-18-19-21/h2-6,12H,7-11H2,1H3. The van der Waals surface area contributed by atoms with Gasteiger partial charge in [0.15, 0.2) is 0 Å². The number of aromatic nitrogens is 4. The lowest BCUT2D eigenvalue weighted by atomic mass is 9.70. The Kier molecular flexibility index (Phi) is 4.18. The van der Waals surface area contributed by atoms with Crippen molar-refractivity contribution in [3.8, 4) is 0 Å². The fraction of sp³-hybridized carbons (Fsp3) is 0.438. The van der Waals surface area contributed by atoms with Gasteiger partial charge in [-0.25, -0.2) is 4.68 Å². The summed E-state index contributed by atoms with van der Waals surface area (Å²) >= 11 is 0. The monoisotopic (exact) mass is 313 g/mol. The lowest BCUT2D eigenvalue weighted by molar-refractivity contribution is -0.136. The first-order valence-electron chi connectivity index (χ1n) is 7.67. The smallest absolute Gasteiger partial charge is 0.244 e. The molecule has 1 saturated heterocycles. The average molecular weight is 313 g/mol. The number of piperidine rings is 1. The normalized spacial score (nSPS) is 17.0. The molecule has 0 bridgehead atoms. The third kappa shape index (κ3) is 2.99. The van der Waals surface area contributed by atoms with Crippen LogP contribution < -0.4 is 0 Å². The minimum absolute atomic E-state index is 0.0255. The van der Waals surface area contributed by atoms with Crippen molar-refractivity contribution in [1.82, 2.24) is 25.1 Å². The molecule has 1 aromatic heterocycles. The molecule has 7 heteroatoms.